The first kappa shape index (κ1) is 30.6. The van der Waals surface area contributed by atoms with Gasteiger partial charge in [0.05, 0.1) is 11.9 Å². The maximum atomic E-state index is 14.3. The molecule has 0 radical (unpaired) electrons. The highest BCUT2D eigenvalue weighted by Crippen LogP contribution is 2.28. The number of amides is 2. The van der Waals surface area contributed by atoms with Crippen LogP contribution in [0.5, 0.6) is 0 Å². The van der Waals surface area contributed by atoms with Crippen molar-refractivity contribution >= 4 is 39.1 Å². The Morgan fingerprint density at radius 3 is 2.15 bits per heavy atom. The predicted molar refractivity (Wildman–Crippen MR) is 164 cm³/mol. The number of para-hydroxylation sites is 1. The van der Waals surface area contributed by atoms with Crippen LogP contribution in [0.2, 0.25) is 5.02 Å². The minimum absolute atomic E-state index is 0.0540. The quantitative estimate of drug-likeness (QED) is 0.321. The second kappa shape index (κ2) is 13.5. The second-order valence-corrected chi connectivity index (χ2v) is 13.1. The minimum Gasteiger partial charge on any atom is -0.352 e. The second-order valence-electron chi connectivity index (χ2n) is 10.8. The summed E-state index contributed by atoms with van der Waals surface area (Å²) in [5.74, 6) is -0.736. The number of nitrogens with zero attached hydrogens (tertiary/aromatic N) is 2. The van der Waals surface area contributed by atoms with Gasteiger partial charge in [0, 0.05) is 24.0 Å². The lowest BCUT2D eigenvalue weighted by molar-refractivity contribution is -0.140. The molecule has 1 fully saturated rings. The highest BCUT2D eigenvalue weighted by Gasteiger charge is 2.35. The fourth-order valence-corrected chi connectivity index (χ4v) is 6.67. The van der Waals surface area contributed by atoms with Gasteiger partial charge in [-0.2, -0.15) is 0 Å². The number of hydrogen-bond donors (Lipinski definition) is 1. The topological polar surface area (TPSA) is 86.8 Å². The van der Waals surface area contributed by atoms with E-state index in [0.717, 1.165) is 52.9 Å². The first-order valence-electron chi connectivity index (χ1n) is 14.0. The normalized spacial score (nSPS) is 14.4. The Bertz CT molecular complexity index is 1450. The summed E-state index contributed by atoms with van der Waals surface area (Å²) in [6.07, 6.45) is 5.27. The van der Waals surface area contributed by atoms with Crippen molar-refractivity contribution in [1.82, 2.24) is 10.2 Å². The molecule has 1 saturated carbocycles. The van der Waals surface area contributed by atoms with Crippen LogP contribution >= 0.6 is 11.6 Å². The molecule has 2 amide bonds. The molecule has 4 rings (SSSR count). The van der Waals surface area contributed by atoms with E-state index in [0.29, 0.717) is 16.3 Å². The fourth-order valence-electron chi connectivity index (χ4n) is 5.51. The van der Waals surface area contributed by atoms with E-state index in [9.17, 15) is 18.0 Å². The molecule has 7 nitrogen and oxygen atoms in total. The van der Waals surface area contributed by atoms with Crippen LogP contribution in [-0.4, -0.2) is 50.0 Å². The van der Waals surface area contributed by atoms with E-state index >= 15 is 0 Å². The third kappa shape index (κ3) is 7.89. The monoisotopic (exact) mass is 595 g/mol. The number of sulfonamides is 1. The molecular formula is C32H38ClN3O4S. The Hall–Kier alpha value is -3.36. The number of anilines is 1. The van der Waals surface area contributed by atoms with Crippen LogP contribution in [0.3, 0.4) is 0 Å². The molecule has 218 valence electrons. The van der Waals surface area contributed by atoms with Gasteiger partial charge in [0.1, 0.15) is 12.6 Å². The Morgan fingerprint density at radius 1 is 0.927 bits per heavy atom. The van der Waals surface area contributed by atoms with Crippen LogP contribution in [0.25, 0.3) is 0 Å². The van der Waals surface area contributed by atoms with Gasteiger partial charge in [-0.1, -0.05) is 91.2 Å². The number of carbonyl (C=O) groups is 2. The van der Waals surface area contributed by atoms with Crippen LogP contribution in [-0.2, 0) is 32.6 Å². The lowest BCUT2D eigenvalue weighted by atomic mass is 10.0. The Kier molecular flexibility index (Phi) is 10.1. The summed E-state index contributed by atoms with van der Waals surface area (Å²) in [5.41, 5.74) is 3.51. The number of nitrogens with one attached hydrogen (secondary N) is 1. The molecule has 0 unspecified atom stereocenters. The average molecular weight is 596 g/mol. The molecule has 3 aromatic rings. The molecule has 1 aliphatic carbocycles. The summed E-state index contributed by atoms with van der Waals surface area (Å²) >= 11 is 6.53. The van der Waals surface area contributed by atoms with Crippen LogP contribution in [0, 0.1) is 13.8 Å². The van der Waals surface area contributed by atoms with E-state index in [1.165, 1.54) is 4.90 Å². The zero-order chi connectivity index (χ0) is 29.6. The van der Waals surface area contributed by atoms with E-state index < -0.39 is 28.5 Å². The first-order chi connectivity index (χ1) is 19.5. The van der Waals surface area contributed by atoms with E-state index in [-0.39, 0.29) is 24.9 Å². The molecular weight excluding hydrogens is 558 g/mol. The van der Waals surface area contributed by atoms with Crippen molar-refractivity contribution in [3.05, 3.63) is 100 Å². The fraction of sp³-hybridized carbons (Fsp3) is 0.375. The van der Waals surface area contributed by atoms with Crippen LogP contribution in [0.1, 0.15) is 47.9 Å². The SMILES string of the molecule is Cc1cccc(C)c1N(CC(=O)N(Cc1ccccc1Cl)[C@@H](Cc1ccccc1)C(=O)NC1CCCC1)S(C)(=O)=O. The highest BCUT2D eigenvalue weighted by atomic mass is 35.5. The van der Waals surface area contributed by atoms with Gasteiger partial charge in [-0.25, -0.2) is 8.42 Å². The predicted octanol–water partition coefficient (Wildman–Crippen LogP) is 5.42. The van der Waals surface area contributed by atoms with Gasteiger partial charge in [0.25, 0.3) is 0 Å². The maximum Gasteiger partial charge on any atom is 0.244 e. The Balaban J connectivity index is 1.76. The lowest BCUT2D eigenvalue weighted by Gasteiger charge is -2.34. The summed E-state index contributed by atoms with van der Waals surface area (Å²) in [6, 6.07) is 21.4. The van der Waals surface area contributed by atoms with E-state index in [2.05, 4.69) is 5.32 Å². The zero-order valence-corrected chi connectivity index (χ0v) is 25.4. The number of rotatable bonds is 11. The first-order valence-corrected chi connectivity index (χ1v) is 16.2. The van der Waals surface area contributed by atoms with Crippen LogP contribution in [0.4, 0.5) is 5.69 Å². The summed E-state index contributed by atoms with van der Waals surface area (Å²) in [4.78, 5) is 29.7. The minimum atomic E-state index is -3.84. The summed E-state index contributed by atoms with van der Waals surface area (Å²) in [6.45, 7) is 3.24. The van der Waals surface area contributed by atoms with E-state index in [1.807, 2.05) is 74.5 Å². The van der Waals surface area contributed by atoms with E-state index in [1.54, 1.807) is 12.1 Å². The van der Waals surface area contributed by atoms with Gasteiger partial charge in [-0.3, -0.25) is 13.9 Å². The maximum absolute atomic E-state index is 14.3. The number of aryl methyl sites for hydroxylation is 2. The molecule has 1 atom stereocenters. The van der Waals surface area contributed by atoms with Gasteiger partial charge in [0.2, 0.25) is 21.8 Å². The number of carbonyl (C=O) groups excluding carboxylic acids is 2. The Morgan fingerprint density at radius 2 is 1.54 bits per heavy atom. The van der Waals surface area contributed by atoms with Crippen molar-refractivity contribution in [2.75, 3.05) is 17.1 Å². The van der Waals surface area contributed by atoms with Crippen molar-refractivity contribution in [1.29, 1.82) is 0 Å². The third-order valence-corrected chi connectivity index (χ3v) is 9.12. The van der Waals surface area contributed by atoms with Gasteiger partial charge in [0.15, 0.2) is 0 Å². The van der Waals surface area contributed by atoms with Gasteiger partial charge < -0.3 is 10.2 Å². The smallest absolute Gasteiger partial charge is 0.244 e. The molecule has 0 bridgehead atoms. The molecule has 0 spiro atoms. The Labute approximate surface area is 248 Å². The molecule has 3 aromatic carbocycles. The van der Waals surface area contributed by atoms with Crippen molar-refractivity contribution in [2.45, 2.75) is 64.6 Å². The van der Waals surface area contributed by atoms with Gasteiger partial charge in [-0.05, 0) is 55.0 Å². The molecule has 0 saturated heterocycles. The number of hydrogen-bond acceptors (Lipinski definition) is 4. The number of benzene rings is 3. The lowest BCUT2D eigenvalue weighted by Crippen LogP contribution is -2.54. The average Bonchev–Trinajstić information content (AvgIpc) is 3.44. The molecule has 41 heavy (non-hydrogen) atoms. The van der Waals surface area contributed by atoms with Crippen LogP contribution in [0.15, 0.2) is 72.8 Å². The van der Waals surface area contributed by atoms with Crippen molar-refractivity contribution in [3.8, 4) is 0 Å². The molecule has 0 aliphatic heterocycles. The largest absolute Gasteiger partial charge is 0.352 e. The zero-order valence-electron chi connectivity index (χ0n) is 23.8. The van der Waals surface area contributed by atoms with Crippen molar-refractivity contribution in [3.63, 3.8) is 0 Å². The van der Waals surface area contributed by atoms with Crippen molar-refractivity contribution < 1.29 is 18.0 Å². The molecule has 9 heteroatoms. The van der Waals surface area contributed by atoms with Gasteiger partial charge >= 0.3 is 0 Å². The molecule has 0 heterocycles. The van der Waals surface area contributed by atoms with Crippen molar-refractivity contribution in [2.24, 2.45) is 0 Å². The molecule has 0 aromatic heterocycles. The van der Waals surface area contributed by atoms with Crippen LogP contribution < -0.4 is 9.62 Å². The highest BCUT2D eigenvalue weighted by molar-refractivity contribution is 7.92. The summed E-state index contributed by atoms with van der Waals surface area (Å²) < 4.78 is 27.3. The van der Waals surface area contributed by atoms with Gasteiger partial charge in [-0.15, -0.1) is 0 Å². The summed E-state index contributed by atoms with van der Waals surface area (Å²) in [7, 11) is -3.84. The third-order valence-electron chi connectivity index (χ3n) is 7.64. The standard InChI is InChI=1S/C32H38ClN3O4S/c1-23-12-11-13-24(2)31(23)36(41(3,39)40)22-30(37)35(21-26-16-7-10-19-28(26)33)29(20-25-14-5-4-6-15-25)32(38)34-27-17-8-9-18-27/h4-7,10-16,19,27,29H,8-9,17-18,20-22H2,1-3H3,(H,34,38)/t29-/m0/s1. The summed E-state index contributed by atoms with van der Waals surface area (Å²) in [5, 5.41) is 3.64. The molecule has 1 N–H and O–H groups in total. The molecule has 1 aliphatic rings. The van der Waals surface area contributed by atoms with E-state index in [4.69, 9.17) is 11.6 Å². The number of halogens is 1.